The maximum absolute atomic E-state index is 13.4. The van der Waals surface area contributed by atoms with E-state index in [0.29, 0.717) is 0 Å². The molecule has 0 fully saturated rings. The van der Waals surface area contributed by atoms with Gasteiger partial charge in [-0.25, -0.2) is 13.6 Å². The topological polar surface area (TPSA) is 79.2 Å². The van der Waals surface area contributed by atoms with Crippen LogP contribution in [0.2, 0.25) is 0 Å². The number of nitrogens with zero attached hydrogens (tertiary/aromatic N) is 1. The highest BCUT2D eigenvalue weighted by Crippen LogP contribution is 2.17. The molecule has 23 heavy (non-hydrogen) atoms. The van der Waals surface area contributed by atoms with Crippen LogP contribution in [0.4, 0.5) is 14.5 Å². The predicted octanol–water partition coefficient (Wildman–Crippen LogP) is 2.63. The van der Waals surface area contributed by atoms with Crippen molar-refractivity contribution in [3.63, 3.8) is 0 Å². The van der Waals surface area contributed by atoms with Gasteiger partial charge in [0, 0.05) is 0 Å². The Morgan fingerprint density at radius 1 is 1.13 bits per heavy atom. The lowest BCUT2D eigenvalue weighted by Crippen LogP contribution is -2.22. The zero-order valence-electron chi connectivity index (χ0n) is 11.7. The molecule has 0 atom stereocenters. The van der Waals surface area contributed by atoms with Crippen LogP contribution in [0, 0.1) is 23.0 Å². The van der Waals surface area contributed by atoms with E-state index in [1.165, 1.54) is 24.3 Å². The van der Waals surface area contributed by atoms with Crippen molar-refractivity contribution in [2.24, 2.45) is 0 Å². The summed E-state index contributed by atoms with van der Waals surface area (Å²) in [5.74, 6) is -3.59. The quantitative estimate of drug-likeness (QED) is 0.879. The number of halogens is 2. The number of carbonyl (C=O) groups is 2. The van der Waals surface area contributed by atoms with Gasteiger partial charge in [0.15, 0.2) is 6.61 Å². The van der Waals surface area contributed by atoms with Gasteiger partial charge in [-0.05, 0) is 30.3 Å². The molecule has 7 heteroatoms. The van der Waals surface area contributed by atoms with Gasteiger partial charge in [-0.1, -0.05) is 12.1 Å². The first kappa shape index (κ1) is 16.1. The van der Waals surface area contributed by atoms with Gasteiger partial charge in [-0.2, -0.15) is 5.26 Å². The van der Waals surface area contributed by atoms with Crippen LogP contribution in [-0.4, -0.2) is 18.5 Å². The van der Waals surface area contributed by atoms with Crippen molar-refractivity contribution in [1.82, 2.24) is 0 Å². The minimum absolute atomic E-state index is 0.0916. The lowest BCUT2D eigenvalue weighted by atomic mass is 10.1. The molecule has 0 aliphatic heterocycles. The predicted molar refractivity (Wildman–Crippen MR) is 76.4 cm³/mol. The van der Waals surface area contributed by atoms with Crippen LogP contribution in [-0.2, 0) is 9.53 Å². The minimum atomic E-state index is -0.939. The molecule has 0 aliphatic rings. The molecule has 2 aromatic carbocycles. The first-order chi connectivity index (χ1) is 11.0. The van der Waals surface area contributed by atoms with Gasteiger partial charge in [0.05, 0.1) is 17.2 Å². The van der Waals surface area contributed by atoms with Gasteiger partial charge in [0.2, 0.25) is 0 Å². The average Bonchev–Trinajstić information content (AvgIpc) is 2.56. The molecule has 0 heterocycles. The van der Waals surface area contributed by atoms with Crippen LogP contribution in [0.5, 0.6) is 0 Å². The number of nitrogens with one attached hydrogen (secondary N) is 1. The molecule has 0 saturated carbocycles. The molecule has 0 saturated heterocycles. The average molecular weight is 316 g/mol. The lowest BCUT2D eigenvalue weighted by molar-refractivity contribution is -0.119. The molecule has 5 nitrogen and oxygen atoms in total. The van der Waals surface area contributed by atoms with E-state index >= 15 is 0 Å². The maximum atomic E-state index is 13.4. The van der Waals surface area contributed by atoms with Crippen LogP contribution in [0.1, 0.15) is 15.9 Å². The van der Waals surface area contributed by atoms with Crippen molar-refractivity contribution in [3.8, 4) is 6.07 Å². The highest BCUT2D eigenvalue weighted by molar-refractivity contribution is 5.95. The number of rotatable bonds is 4. The summed E-state index contributed by atoms with van der Waals surface area (Å²) in [6.45, 7) is -0.719. The first-order valence-electron chi connectivity index (χ1n) is 6.42. The van der Waals surface area contributed by atoms with Gasteiger partial charge in [0.1, 0.15) is 17.3 Å². The Morgan fingerprint density at radius 2 is 1.78 bits per heavy atom. The Kier molecular flexibility index (Phi) is 5.00. The van der Waals surface area contributed by atoms with Crippen molar-refractivity contribution < 1.29 is 23.1 Å². The molecule has 0 bridgehead atoms. The fraction of sp³-hybridized carbons (Fsp3) is 0.0625. The Balaban J connectivity index is 1.96. The maximum Gasteiger partial charge on any atom is 0.338 e. The fourth-order valence-corrected chi connectivity index (χ4v) is 1.72. The summed E-state index contributed by atoms with van der Waals surface area (Å²) in [5.41, 5.74) is -0.258. The van der Waals surface area contributed by atoms with Crippen molar-refractivity contribution >= 4 is 17.6 Å². The van der Waals surface area contributed by atoms with Crippen LogP contribution in [0.3, 0.4) is 0 Å². The summed E-state index contributed by atoms with van der Waals surface area (Å²) in [6.07, 6.45) is 0. The zero-order valence-corrected chi connectivity index (χ0v) is 11.7. The van der Waals surface area contributed by atoms with Crippen LogP contribution >= 0.6 is 0 Å². The molecule has 0 radical (unpaired) electrons. The number of hydrogen-bond acceptors (Lipinski definition) is 4. The third-order valence-corrected chi connectivity index (χ3v) is 2.79. The SMILES string of the molecule is N#Cc1cccc(C(=O)OCC(=O)Nc2c(F)cccc2F)c1. The van der Waals surface area contributed by atoms with Gasteiger partial charge in [-0.3, -0.25) is 4.79 Å². The Bertz CT molecular complexity index is 780. The summed E-state index contributed by atoms with van der Waals surface area (Å²) in [7, 11) is 0. The third-order valence-electron chi connectivity index (χ3n) is 2.79. The van der Waals surface area contributed by atoms with Crippen LogP contribution in [0.25, 0.3) is 0 Å². The number of hydrogen-bond donors (Lipinski definition) is 1. The summed E-state index contributed by atoms with van der Waals surface area (Å²) >= 11 is 0. The molecule has 2 aromatic rings. The number of carbonyl (C=O) groups excluding carboxylic acids is 2. The Labute approximate surface area is 130 Å². The molecule has 116 valence electrons. The number of amides is 1. The fourth-order valence-electron chi connectivity index (χ4n) is 1.72. The number of ether oxygens (including phenoxy) is 1. The smallest absolute Gasteiger partial charge is 0.338 e. The third kappa shape index (κ3) is 4.11. The largest absolute Gasteiger partial charge is 0.452 e. The molecule has 1 amide bonds. The molecule has 0 aliphatic carbocycles. The van der Waals surface area contributed by atoms with Crippen LogP contribution < -0.4 is 5.32 Å². The van der Waals surface area contributed by atoms with Crippen LogP contribution in [0.15, 0.2) is 42.5 Å². The standard InChI is InChI=1S/C16H10F2N2O3/c17-12-5-2-6-13(18)15(12)20-14(21)9-23-16(22)11-4-1-3-10(7-11)8-19/h1-7H,9H2,(H,20,21). The van der Waals surface area contributed by atoms with E-state index in [2.05, 4.69) is 0 Å². The second kappa shape index (κ2) is 7.13. The summed E-state index contributed by atoms with van der Waals surface area (Å²) in [6, 6.07) is 10.7. The molecule has 2 rings (SSSR count). The van der Waals surface area contributed by atoms with Crippen molar-refractivity contribution in [2.75, 3.05) is 11.9 Å². The van der Waals surface area contributed by atoms with Gasteiger partial charge in [0.25, 0.3) is 5.91 Å². The first-order valence-corrected chi connectivity index (χ1v) is 6.42. The van der Waals surface area contributed by atoms with E-state index in [4.69, 9.17) is 10.00 Å². The van der Waals surface area contributed by atoms with E-state index < -0.39 is 35.8 Å². The van der Waals surface area contributed by atoms with Gasteiger partial charge < -0.3 is 10.1 Å². The molecule has 0 unspecified atom stereocenters. The van der Waals surface area contributed by atoms with E-state index in [1.807, 2.05) is 11.4 Å². The van der Waals surface area contributed by atoms with Gasteiger partial charge >= 0.3 is 5.97 Å². The lowest BCUT2D eigenvalue weighted by Gasteiger charge is -2.08. The molecule has 1 N–H and O–H groups in total. The number of benzene rings is 2. The summed E-state index contributed by atoms with van der Waals surface area (Å²) in [4.78, 5) is 23.3. The Hall–Kier alpha value is -3.27. The van der Waals surface area contributed by atoms with Crippen molar-refractivity contribution in [2.45, 2.75) is 0 Å². The second-order valence-electron chi connectivity index (χ2n) is 4.41. The van der Waals surface area contributed by atoms with E-state index in [-0.39, 0.29) is 11.1 Å². The number of esters is 1. The number of para-hydroxylation sites is 1. The molecule has 0 aromatic heterocycles. The Morgan fingerprint density at radius 3 is 2.43 bits per heavy atom. The highest BCUT2D eigenvalue weighted by Gasteiger charge is 2.14. The number of nitriles is 1. The monoisotopic (exact) mass is 316 g/mol. The molecular weight excluding hydrogens is 306 g/mol. The van der Waals surface area contributed by atoms with E-state index in [1.54, 1.807) is 0 Å². The van der Waals surface area contributed by atoms with Crippen molar-refractivity contribution in [3.05, 3.63) is 65.2 Å². The molecular formula is C16H10F2N2O3. The minimum Gasteiger partial charge on any atom is -0.452 e. The normalized spacial score (nSPS) is 9.78. The van der Waals surface area contributed by atoms with E-state index in [9.17, 15) is 18.4 Å². The highest BCUT2D eigenvalue weighted by atomic mass is 19.1. The van der Waals surface area contributed by atoms with Crippen molar-refractivity contribution in [1.29, 1.82) is 5.26 Å². The number of anilines is 1. The zero-order chi connectivity index (χ0) is 16.8. The second-order valence-corrected chi connectivity index (χ2v) is 4.41. The summed E-state index contributed by atoms with van der Waals surface area (Å²) in [5, 5.41) is 10.7. The molecule has 0 spiro atoms. The van der Waals surface area contributed by atoms with Gasteiger partial charge in [-0.15, -0.1) is 0 Å². The van der Waals surface area contributed by atoms with E-state index in [0.717, 1.165) is 18.2 Å². The summed E-state index contributed by atoms with van der Waals surface area (Å²) < 4.78 is 31.5.